The van der Waals surface area contributed by atoms with Gasteiger partial charge in [-0.1, -0.05) is 35.5 Å². The van der Waals surface area contributed by atoms with Crippen molar-refractivity contribution in [2.75, 3.05) is 0 Å². The number of hydrazone groups is 1. The smallest absolute Gasteiger partial charge is 0.177 e. The molecule has 0 aliphatic heterocycles. The Balaban J connectivity index is 2.51. The normalized spacial score (nSPS) is 11.6. The summed E-state index contributed by atoms with van der Waals surface area (Å²) < 4.78 is 0. The van der Waals surface area contributed by atoms with Gasteiger partial charge in [0.1, 0.15) is 0 Å². The zero-order valence-corrected chi connectivity index (χ0v) is 8.48. The summed E-state index contributed by atoms with van der Waals surface area (Å²) >= 11 is 7.12. The molecule has 4 N–H and O–H groups in total. The highest BCUT2D eigenvalue weighted by atomic mass is 35.5. The topological polar surface area (TPSA) is 64.4 Å². The second-order valence-corrected chi connectivity index (χ2v) is 3.81. The second-order valence-electron chi connectivity index (χ2n) is 2.38. The largest absolute Gasteiger partial charge is 0.377 e. The van der Waals surface area contributed by atoms with Gasteiger partial charge in [0.15, 0.2) is 5.17 Å². The minimum Gasteiger partial charge on any atom is -0.377 e. The molecule has 70 valence electrons. The Morgan fingerprint density at radius 3 is 2.54 bits per heavy atom. The Bertz CT molecular complexity index is 297. The Morgan fingerprint density at radius 2 is 2.00 bits per heavy atom. The van der Waals surface area contributed by atoms with E-state index in [1.165, 1.54) is 11.8 Å². The molecule has 0 heterocycles. The van der Waals surface area contributed by atoms with E-state index >= 15 is 0 Å². The van der Waals surface area contributed by atoms with E-state index in [0.717, 1.165) is 16.3 Å². The molecule has 0 amide bonds. The number of hydrogen-bond donors (Lipinski definition) is 2. The molecule has 0 saturated heterocycles. The van der Waals surface area contributed by atoms with Crippen molar-refractivity contribution >= 4 is 28.5 Å². The lowest BCUT2D eigenvalue weighted by Crippen LogP contribution is -2.09. The number of nitrogens with two attached hydrogens (primary N) is 2. The number of hydrogen-bond acceptors (Lipinski definition) is 3. The second kappa shape index (κ2) is 4.99. The van der Waals surface area contributed by atoms with Crippen LogP contribution in [0.1, 0.15) is 5.56 Å². The van der Waals surface area contributed by atoms with Gasteiger partial charge in [0.05, 0.1) is 0 Å². The van der Waals surface area contributed by atoms with Crippen LogP contribution in [0.25, 0.3) is 0 Å². The molecular formula is C8H10ClN3S. The SMILES string of the molecule is NN=C(N)SCc1ccc(Cl)cc1. The number of benzene rings is 1. The predicted molar refractivity (Wildman–Crippen MR) is 58.6 cm³/mol. The third-order valence-electron chi connectivity index (χ3n) is 1.43. The van der Waals surface area contributed by atoms with E-state index in [1.807, 2.05) is 24.3 Å². The molecule has 1 rings (SSSR count). The average Bonchev–Trinajstić information content (AvgIpc) is 2.16. The fraction of sp³-hybridized carbons (Fsp3) is 0.125. The number of halogens is 1. The zero-order valence-electron chi connectivity index (χ0n) is 6.90. The van der Waals surface area contributed by atoms with Crippen LogP contribution in [0.3, 0.4) is 0 Å². The summed E-state index contributed by atoms with van der Waals surface area (Å²) in [5, 5.41) is 4.47. The Hall–Kier alpha value is -0.870. The Labute approximate surface area is 86.1 Å². The fourth-order valence-corrected chi connectivity index (χ4v) is 1.48. The maximum atomic E-state index is 5.73. The zero-order chi connectivity index (χ0) is 9.68. The molecule has 1 aromatic carbocycles. The maximum Gasteiger partial charge on any atom is 0.177 e. The highest BCUT2D eigenvalue weighted by Gasteiger charge is 1.96. The summed E-state index contributed by atoms with van der Waals surface area (Å²) in [6, 6.07) is 7.57. The maximum absolute atomic E-state index is 5.73. The molecule has 0 aromatic heterocycles. The van der Waals surface area contributed by atoms with E-state index in [2.05, 4.69) is 5.10 Å². The highest BCUT2D eigenvalue weighted by molar-refractivity contribution is 8.13. The van der Waals surface area contributed by atoms with Gasteiger partial charge in [-0.3, -0.25) is 0 Å². The quantitative estimate of drug-likeness (QED) is 0.342. The molecule has 1 aromatic rings. The summed E-state index contributed by atoms with van der Waals surface area (Å²) in [5.74, 6) is 5.73. The third-order valence-corrected chi connectivity index (χ3v) is 2.56. The molecule has 0 spiro atoms. The van der Waals surface area contributed by atoms with Gasteiger partial charge in [-0.25, -0.2) is 0 Å². The van der Waals surface area contributed by atoms with Crippen LogP contribution in [0.5, 0.6) is 0 Å². The van der Waals surface area contributed by atoms with Crippen LogP contribution in [0.15, 0.2) is 29.4 Å². The number of amidine groups is 1. The minimum absolute atomic E-state index is 0.384. The summed E-state index contributed by atoms with van der Waals surface area (Å²) in [5.41, 5.74) is 6.55. The lowest BCUT2D eigenvalue weighted by Gasteiger charge is -1.99. The predicted octanol–water partition coefficient (Wildman–Crippen LogP) is 1.76. The summed E-state index contributed by atoms with van der Waals surface area (Å²) in [6.07, 6.45) is 0. The van der Waals surface area contributed by atoms with Gasteiger partial charge < -0.3 is 11.6 Å². The highest BCUT2D eigenvalue weighted by Crippen LogP contribution is 2.14. The summed E-state index contributed by atoms with van der Waals surface area (Å²) in [4.78, 5) is 0. The van der Waals surface area contributed by atoms with Crippen LogP contribution in [-0.4, -0.2) is 5.17 Å². The van der Waals surface area contributed by atoms with E-state index in [-0.39, 0.29) is 0 Å². The molecule has 13 heavy (non-hydrogen) atoms. The number of thioether (sulfide) groups is 1. The van der Waals surface area contributed by atoms with Crippen molar-refractivity contribution in [2.24, 2.45) is 16.7 Å². The fourth-order valence-electron chi connectivity index (χ4n) is 0.775. The van der Waals surface area contributed by atoms with Gasteiger partial charge in [-0.15, -0.1) is 0 Å². The van der Waals surface area contributed by atoms with Crippen molar-refractivity contribution in [3.63, 3.8) is 0 Å². The van der Waals surface area contributed by atoms with Crippen molar-refractivity contribution in [3.05, 3.63) is 34.9 Å². The lowest BCUT2D eigenvalue weighted by atomic mass is 10.2. The van der Waals surface area contributed by atoms with Gasteiger partial charge in [0.2, 0.25) is 0 Å². The van der Waals surface area contributed by atoms with Crippen molar-refractivity contribution in [3.8, 4) is 0 Å². The van der Waals surface area contributed by atoms with Gasteiger partial charge in [-0.2, -0.15) is 5.10 Å². The van der Waals surface area contributed by atoms with E-state index in [4.69, 9.17) is 23.2 Å². The Kier molecular flexibility index (Phi) is 3.92. The van der Waals surface area contributed by atoms with Crippen molar-refractivity contribution < 1.29 is 0 Å². The van der Waals surface area contributed by atoms with E-state index in [0.29, 0.717) is 5.17 Å². The number of nitrogens with zero attached hydrogens (tertiary/aromatic N) is 1. The molecule has 0 bridgehead atoms. The molecule has 5 heteroatoms. The molecule has 3 nitrogen and oxygen atoms in total. The average molecular weight is 216 g/mol. The van der Waals surface area contributed by atoms with Crippen LogP contribution >= 0.6 is 23.4 Å². The van der Waals surface area contributed by atoms with Crippen LogP contribution in [-0.2, 0) is 5.75 Å². The molecule has 0 fully saturated rings. The van der Waals surface area contributed by atoms with Crippen LogP contribution in [0.4, 0.5) is 0 Å². The first kappa shape index (κ1) is 10.2. The van der Waals surface area contributed by atoms with Gasteiger partial charge in [0, 0.05) is 10.8 Å². The molecule has 0 radical (unpaired) electrons. The van der Waals surface area contributed by atoms with E-state index in [9.17, 15) is 0 Å². The van der Waals surface area contributed by atoms with Gasteiger partial charge in [0.25, 0.3) is 0 Å². The molecule has 0 saturated carbocycles. The first-order valence-electron chi connectivity index (χ1n) is 3.63. The molecule has 0 aliphatic carbocycles. The standard InChI is InChI=1S/C8H10ClN3S/c9-7-3-1-6(2-4-7)5-13-8(10)12-11/h1-4H,5,11H2,(H2,10,12). The molecule has 0 unspecified atom stereocenters. The van der Waals surface area contributed by atoms with Crippen molar-refractivity contribution in [2.45, 2.75) is 5.75 Å². The molecule has 0 atom stereocenters. The first-order valence-corrected chi connectivity index (χ1v) is 4.99. The first-order chi connectivity index (χ1) is 6.22. The van der Waals surface area contributed by atoms with Gasteiger partial charge in [-0.05, 0) is 17.7 Å². The van der Waals surface area contributed by atoms with Gasteiger partial charge >= 0.3 is 0 Å². The van der Waals surface area contributed by atoms with E-state index < -0.39 is 0 Å². The van der Waals surface area contributed by atoms with Crippen LogP contribution in [0, 0.1) is 0 Å². The molecule has 0 aliphatic rings. The summed E-state index contributed by atoms with van der Waals surface area (Å²) in [7, 11) is 0. The van der Waals surface area contributed by atoms with E-state index in [1.54, 1.807) is 0 Å². The van der Waals surface area contributed by atoms with Crippen LogP contribution < -0.4 is 11.6 Å². The monoisotopic (exact) mass is 215 g/mol. The third kappa shape index (κ3) is 3.57. The summed E-state index contributed by atoms with van der Waals surface area (Å²) in [6.45, 7) is 0. The lowest BCUT2D eigenvalue weighted by molar-refractivity contribution is 1.25. The van der Waals surface area contributed by atoms with Crippen molar-refractivity contribution in [1.29, 1.82) is 0 Å². The Morgan fingerprint density at radius 1 is 1.38 bits per heavy atom. The van der Waals surface area contributed by atoms with Crippen molar-refractivity contribution in [1.82, 2.24) is 0 Å². The van der Waals surface area contributed by atoms with Crippen LogP contribution in [0.2, 0.25) is 5.02 Å². The molecular weight excluding hydrogens is 206 g/mol. The minimum atomic E-state index is 0.384. The number of rotatable bonds is 2.